The number of aromatic hydroxyl groups is 1. The monoisotopic (exact) mass is 397 g/mol. The number of phenolic OH excluding ortho intramolecular Hbond substituents is 1. The number of ether oxygens (including phenoxy) is 4. The van der Waals surface area contributed by atoms with Gasteiger partial charge in [0.1, 0.15) is 5.75 Å². The molecule has 6 nitrogen and oxygen atoms in total. The second-order valence-electron chi connectivity index (χ2n) is 8.26. The third-order valence-electron chi connectivity index (χ3n) is 6.82. The summed E-state index contributed by atoms with van der Waals surface area (Å²) in [5.74, 6) is 2.88. The Morgan fingerprint density at radius 2 is 1.79 bits per heavy atom. The molecule has 154 valence electrons. The molecule has 29 heavy (non-hydrogen) atoms. The number of fused-ring (bicyclic) bond motifs is 2. The highest BCUT2D eigenvalue weighted by molar-refractivity contribution is 5.59. The number of nitrogens with zero attached hydrogens (tertiary/aromatic N) is 1. The van der Waals surface area contributed by atoms with Crippen LogP contribution < -0.4 is 18.9 Å². The Bertz CT molecular complexity index is 939. The van der Waals surface area contributed by atoms with E-state index in [1.165, 1.54) is 12.8 Å². The molecule has 3 aliphatic rings. The summed E-state index contributed by atoms with van der Waals surface area (Å²) in [6.45, 7) is 6.61. The van der Waals surface area contributed by atoms with Crippen molar-refractivity contribution in [3.05, 3.63) is 41.5 Å². The molecule has 0 unspecified atom stereocenters. The minimum atomic E-state index is -0.489. The molecule has 1 saturated heterocycles. The average Bonchev–Trinajstić information content (AvgIpc) is 3.40. The van der Waals surface area contributed by atoms with E-state index >= 15 is 0 Å². The third kappa shape index (κ3) is 2.73. The lowest BCUT2D eigenvalue weighted by Gasteiger charge is -2.50. The second-order valence-corrected chi connectivity index (χ2v) is 8.26. The number of hydrogen-bond acceptors (Lipinski definition) is 6. The third-order valence-corrected chi connectivity index (χ3v) is 6.82. The van der Waals surface area contributed by atoms with Crippen LogP contribution in [0, 0.1) is 5.92 Å². The van der Waals surface area contributed by atoms with Gasteiger partial charge in [-0.05, 0) is 31.9 Å². The van der Waals surface area contributed by atoms with Crippen LogP contribution in [0.4, 0.5) is 0 Å². The van der Waals surface area contributed by atoms with Gasteiger partial charge in [-0.1, -0.05) is 19.1 Å². The Balaban J connectivity index is 1.70. The number of methoxy groups -OCH3 is 1. The summed E-state index contributed by atoms with van der Waals surface area (Å²) < 4.78 is 23.3. The fourth-order valence-corrected chi connectivity index (χ4v) is 5.07. The predicted octanol–water partition coefficient (Wildman–Crippen LogP) is 4.10. The first-order chi connectivity index (χ1) is 14.0. The van der Waals surface area contributed by atoms with E-state index in [9.17, 15) is 5.11 Å². The van der Waals surface area contributed by atoms with Gasteiger partial charge in [0.2, 0.25) is 6.79 Å². The first-order valence-corrected chi connectivity index (χ1v) is 10.3. The van der Waals surface area contributed by atoms with Crippen molar-refractivity contribution in [3.63, 3.8) is 0 Å². The van der Waals surface area contributed by atoms with Gasteiger partial charge < -0.3 is 24.1 Å². The number of rotatable bonds is 3. The fourth-order valence-electron chi connectivity index (χ4n) is 5.07. The summed E-state index contributed by atoms with van der Waals surface area (Å²) in [4.78, 5) is 2.43. The summed E-state index contributed by atoms with van der Waals surface area (Å²) in [6, 6.07) is 9.62. The summed E-state index contributed by atoms with van der Waals surface area (Å²) >= 11 is 0. The van der Waals surface area contributed by atoms with Gasteiger partial charge in [-0.3, -0.25) is 4.90 Å². The molecule has 3 atom stereocenters. The van der Waals surface area contributed by atoms with Gasteiger partial charge in [-0.25, -0.2) is 0 Å². The standard InChI is InChI=1S/C23H27NO5/c1-14-21(15-7-6-8-17(26-3)22(15)25)16-11-19-20(28-13-27-19)12-18(16)29-23(14,2)24-9-4-5-10-24/h6-8,11-12,14,21,25H,4-5,9-10,13H2,1-3H3/t14-,21+,23-/m1/s1. The van der Waals surface area contributed by atoms with Crippen molar-refractivity contribution in [1.82, 2.24) is 4.90 Å². The predicted molar refractivity (Wildman–Crippen MR) is 108 cm³/mol. The van der Waals surface area contributed by atoms with Gasteiger partial charge in [0.05, 0.1) is 7.11 Å². The van der Waals surface area contributed by atoms with Crippen molar-refractivity contribution in [2.75, 3.05) is 27.0 Å². The highest BCUT2D eigenvalue weighted by Crippen LogP contribution is 2.55. The van der Waals surface area contributed by atoms with Crippen molar-refractivity contribution >= 4 is 0 Å². The lowest BCUT2D eigenvalue weighted by atomic mass is 9.73. The van der Waals surface area contributed by atoms with E-state index in [1.807, 2.05) is 24.3 Å². The van der Waals surface area contributed by atoms with Crippen LogP contribution in [-0.4, -0.2) is 42.7 Å². The quantitative estimate of drug-likeness (QED) is 0.841. The van der Waals surface area contributed by atoms with Crippen LogP contribution in [0.2, 0.25) is 0 Å². The SMILES string of the molecule is COc1cccc([C@H]2c3cc4c(cc3O[C@@](C)(N3CCCC3)[C@@H]2C)OCO4)c1O. The van der Waals surface area contributed by atoms with Crippen molar-refractivity contribution < 1.29 is 24.1 Å². The maximum Gasteiger partial charge on any atom is 0.231 e. The van der Waals surface area contributed by atoms with Crippen molar-refractivity contribution in [2.24, 2.45) is 5.92 Å². The molecule has 0 saturated carbocycles. The van der Waals surface area contributed by atoms with Gasteiger partial charge in [0.15, 0.2) is 28.7 Å². The maximum absolute atomic E-state index is 11.0. The van der Waals surface area contributed by atoms with E-state index in [2.05, 4.69) is 18.7 Å². The van der Waals surface area contributed by atoms with E-state index in [4.69, 9.17) is 18.9 Å². The van der Waals surface area contributed by atoms with Crippen LogP contribution in [0.3, 0.4) is 0 Å². The lowest BCUT2D eigenvalue weighted by molar-refractivity contribution is -0.114. The molecular weight excluding hydrogens is 370 g/mol. The normalized spacial score (nSPS) is 28.1. The largest absolute Gasteiger partial charge is 0.504 e. The van der Waals surface area contributed by atoms with Gasteiger partial charge >= 0.3 is 0 Å². The molecule has 2 aromatic rings. The fraction of sp³-hybridized carbons (Fsp3) is 0.478. The summed E-state index contributed by atoms with van der Waals surface area (Å²) in [7, 11) is 1.58. The van der Waals surface area contributed by atoms with Crippen molar-refractivity contribution in [2.45, 2.75) is 38.3 Å². The van der Waals surface area contributed by atoms with E-state index in [1.54, 1.807) is 13.2 Å². The van der Waals surface area contributed by atoms with Crippen molar-refractivity contribution in [3.8, 4) is 28.7 Å². The molecule has 2 aromatic carbocycles. The Labute approximate surface area is 170 Å². The minimum absolute atomic E-state index is 0.0750. The summed E-state index contributed by atoms with van der Waals surface area (Å²) in [6.07, 6.45) is 2.35. The number of benzene rings is 2. The summed E-state index contributed by atoms with van der Waals surface area (Å²) in [5, 5.41) is 11.0. The van der Waals surface area contributed by atoms with Crippen LogP contribution in [0.15, 0.2) is 30.3 Å². The van der Waals surface area contributed by atoms with Gasteiger partial charge in [-0.2, -0.15) is 0 Å². The smallest absolute Gasteiger partial charge is 0.231 e. The molecule has 5 rings (SSSR count). The molecule has 0 spiro atoms. The zero-order valence-electron chi connectivity index (χ0n) is 17.1. The first-order valence-electron chi connectivity index (χ1n) is 10.3. The van der Waals surface area contributed by atoms with Crippen molar-refractivity contribution in [1.29, 1.82) is 0 Å². The molecular formula is C23H27NO5. The molecule has 0 amide bonds. The molecule has 0 radical (unpaired) electrons. The lowest BCUT2D eigenvalue weighted by Crippen LogP contribution is -2.57. The molecule has 0 aliphatic carbocycles. The molecule has 1 N–H and O–H groups in total. The Morgan fingerprint density at radius 1 is 1.07 bits per heavy atom. The van der Waals surface area contributed by atoms with Crippen LogP contribution in [0.1, 0.15) is 43.7 Å². The molecule has 0 bridgehead atoms. The van der Waals surface area contributed by atoms with Crippen LogP contribution >= 0.6 is 0 Å². The maximum atomic E-state index is 11.0. The van der Waals surface area contributed by atoms with Crippen LogP contribution in [0.25, 0.3) is 0 Å². The number of likely N-dealkylation sites (tertiary alicyclic amines) is 1. The minimum Gasteiger partial charge on any atom is -0.504 e. The molecule has 3 heterocycles. The van der Waals surface area contributed by atoms with E-state index in [-0.39, 0.29) is 24.4 Å². The zero-order valence-corrected chi connectivity index (χ0v) is 17.1. The Morgan fingerprint density at radius 3 is 2.52 bits per heavy atom. The van der Waals surface area contributed by atoms with Gasteiger partial charge in [0, 0.05) is 42.1 Å². The van der Waals surface area contributed by atoms with Gasteiger partial charge in [-0.15, -0.1) is 0 Å². The molecule has 6 heteroatoms. The highest BCUT2D eigenvalue weighted by atomic mass is 16.7. The second kappa shape index (κ2) is 6.73. The van der Waals surface area contributed by atoms with Crippen LogP contribution in [0.5, 0.6) is 28.7 Å². The van der Waals surface area contributed by atoms with E-state index < -0.39 is 5.72 Å². The molecule has 1 fully saturated rings. The number of phenols is 1. The average molecular weight is 397 g/mol. The van der Waals surface area contributed by atoms with E-state index in [0.29, 0.717) is 11.5 Å². The van der Waals surface area contributed by atoms with Gasteiger partial charge in [0.25, 0.3) is 0 Å². The molecule has 0 aromatic heterocycles. The highest BCUT2D eigenvalue weighted by Gasteiger charge is 2.50. The zero-order chi connectivity index (χ0) is 20.2. The molecule has 3 aliphatic heterocycles. The number of hydrogen-bond donors (Lipinski definition) is 1. The first kappa shape index (κ1) is 18.4. The number of para-hydroxylation sites is 1. The Hall–Kier alpha value is -2.60. The Kier molecular flexibility index (Phi) is 4.28. The summed E-state index contributed by atoms with van der Waals surface area (Å²) in [5.41, 5.74) is 1.35. The van der Waals surface area contributed by atoms with E-state index in [0.717, 1.165) is 35.7 Å². The topological polar surface area (TPSA) is 60.4 Å². The van der Waals surface area contributed by atoms with Crippen LogP contribution in [-0.2, 0) is 0 Å².